The summed E-state index contributed by atoms with van der Waals surface area (Å²) in [4.78, 5) is 23.0. The van der Waals surface area contributed by atoms with Crippen LogP contribution >= 0.6 is 17.2 Å². The van der Waals surface area contributed by atoms with Crippen molar-refractivity contribution in [3.05, 3.63) is 12.2 Å². The van der Waals surface area contributed by atoms with E-state index in [1.807, 2.05) is 27.7 Å². The number of nitrogens with one attached hydrogen (secondary N) is 1. The molecule has 19 heavy (non-hydrogen) atoms. The van der Waals surface area contributed by atoms with Crippen molar-refractivity contribution in [1.29, 1.82) is 0 Å². The van der Waals surface area contributed by atoms with Gasteiger partial charge >= 0.3 is 120 Å². The van der Waals surface area contributed by atoms with Crippen LogP contribution in [0.4, 0.5) is 4.79 Å². The minimum atomic E-state index is -2.59. The molecule has 1 unspecified atom stereocenters. The van der Waals surface area contributed by atoms with Crippen LogP contribution in [0.3, 0.4) is 0 Å². The fraction of sp³-hybridized carbons (Fsp3) is 0.692. The first-order valence-electron chi connectivity index (χ1n) is 6.53. The second-order valence-corrected chi connectivity index (χ2v) is 13.6. The van der Waals surface area contributed by atoms with E-state index in [4.69, 9.17) is 16.0 Å². The van der Waals surface area contributed by atoms with Gasteiger partial charge in [0.15, 0.2) is 0 Å². The number of ether oxygens (including phenoxy) is 1. The topological polar surface area (TPSA) is 55.4 Å². The van der Waals surface area contributed by atoms with E-state index >= 15 is 0 Å². The number of hydrogen-bond donors (Lipinski definition) is 1. The van der Waals surface area contributed by atoms with Crippen LogP contribution in [0.15, 0.2) is 12.2 Å². The summed E-state index contributed by atoms with van der Waals surface area (Å²) in [6.45, 7) is 12.9. The second kappa shape index (κ2) is 6.71. The van der Waals surface area contributed by atoms with E-state index in [-0.39, 0.29) is 11.4 Å². The Labute approximate surface area is 120 Å². The van der Waals surface area contributed by atoms with Crippen molar-refractivity contribution in [3.8, 4) is 0 Å². The van der Waals surface area contributed by atoms with Crippen LogP contribution in [0.1, 0.15) is 34.6 Å². The molecule has 0 spiro atoms. The van der Waals surface area contributed by atoms with E-state index in [0.29, 0.717) is 0 Å². The predicted molar refractivity (Wildman–Crippen MR) is 83.3 cm³/mol. The molecule has 1 atom stereocenters. The second-order valence-electron chi connectivity index (χ2n) is 4.86. The molecule has 0 heterocycles. The van der Waals surface area contributed by atoms with Crippen molar-refractivity contribution in [2.75, 3.05) is 18.5 Å². The van der Waals surface area contributed by atoms with Crippen LogP contribution in [0, 0.1) is 0 Å². The van der Waals surface area contributed by atoms with E-state index in [1.54, 1.807) is 0 Å². The summed E-state index contributed by atoms with van der Waals surface area (Å²) in [7, 11) is 0. The van der Waals surface area contributed by atoms with Gasteiger partial charge in [-0.15, -0.1) is 0 Å². The van der Waals surface area contributed by atoms with Gasteiger partial charge in [0.2, 0.25) is 0 Å². The van der Waals surface area contributed by atoms with Gasteiger partial charge < -0.3 is 0 Å². The third kappa shape index (κ3) is 4.19. The fourth-order valence-corrected chi connectivity index (χ4v) is 5.32. The van der Waals surface area contributed by atoms with Crippen LogP contribution in [-0.4, -0.2) is 36.3 Å². The number of carbonyl (C=O) groups excluding carboxylic acids is 2. The molecule has 0 radical (unpaired) electrons. The van der Waals surface area contributed by atoms with Crippen molar-refractivity contribution in [3.63, 3.8) is 0 Å². The van der Waals surface area contributed by atoms with Crippen molar-refractivity contribution < 1.29 is 14.3 Å². The number of hydrogen-bond acceptors (Lipinski definition) is 3. The summed E-state index contributed by atoms with van der Waals surface area (Å²) in [6, 6.07) is 0. The molecule has 4 nitrogen and oxygen atoms in total. The zero-order valence-electron chi connectivity index (χ0n) is 12.5. The van der Waals surface area contributed by atoms with Gasteiger partial charge in [-0.25, -0.2) is 0 Å². The number of carbonyl (C=O) groups is 2. The minimum absolute atomic E-state index is 0.259. The Morgan fingerprint density at radius 1 is 1.26 bits per heavy atom. The molecule has 0 saturated heterocycles. The molecule has 0 aromatic heterocycles. The summed E-state index contributed by atoms with van der Waals surface area (Å²) in [6.07, 6.45) is 1.63. The Morgan fingerprint density at radius 2 is 1.68 bits per heavy atom. The predicted octanol–water partition coefficient (Wildman–Crippen LogP) is 3.93. The third-order valence-corrected chi connectivity index (χ3v) is 13.4. The molecule has 0 saturated carbocycles. The van der Waals surface area contributed by atoms with Gasteiger partial charge in [-0.3, -0.25) is 0 Å². The van der Waals surface area contributed by atoms with E-state index in [0.717, 1.165) is 18.5 Å². The molecule has 112 valence electrons. The van der Waals surface area contributed by atoms with Crippen molar-refractivity contribution in [1.82, 2.24) is 5.32 Å². The number of imide groups is 1. The number of rotatable bonds is 6. The number of halogens is 1. The van der Waals surface area contributed by atoms with E-state index < -0.39 is 18.0 Å². The summed E-state index contributed by atoms with van der Waals surface area (Å²) < 4.78 is 5.33. The van der Waals surface area contributed by atoms with Gasteiger partial charge in [-0.05, 0) is 0 Å². The van der Waals surface area contributed by atoms with Gasteiger partial charge in [-0.2, -0.15) is 0 Å². The Balaban J connectivity index is 4.85. The first-order valence-corrected chi connectivity index (χ1v) is 10.3. The average Bonchev–Trinajstić information content (AvgIpc) is 2.37. The summed E-state index contributed by atoms with van der Waals surface area (Å²) >= 11 is 6.87. The van der Waals surface area contributed by atoms with Crippen LogP contribution in [-0.2, 0) is 9.53 Å². The molecular weight excluding hydrogens is 285 g/mol. The summed E-state index contributed by atoms with van der Waals surface area (Å²) in [5.41, 5.74) is 0.259. The Hall–Kier alpha value is -0.600. The van der Waals surface area contributed by atoms with E-state index in [9.17, 15) is 9.59 Å². The molecule has 0 aromatic carbocycles. The molecule has 0 aromatic rings. The Morgan fingerprint density at radius 3 is 2.00 bits per heavy atom. The van der Waals surface area contributed by atoms with Crippen LogP contribution < -0.4 is 5.32 Å². The molecule has 6 heteroatoms. The van der Waals surface area contributed by atoms with Crippen molar-refractivity contribution in [2.45, 2.75) is 40.5 Å². The summed E-state index contributed by atoms with van der Waals surface area (Å²) in [5.74, 6) is -3.50. The standard InChI is InChI=1S/C13H25ClNO3P/c1-7-19(14,8-2,9-3)11(6)18-13(17)15-12(16)10(4)5/h11H,4,7-9H2,1-3,5-6H3,(H,15,16,17). The Kier molecular flexibility index (Phi) is 6.50. The normalized spacial score (nSPS) is 14.9. The first kappa shape index (κ1) is 18.4. The molecule has 0 aliphatic carbocycles. The van der Waals surface area contributed by atoms with Crippen molar-refractivity contribution >= 4 is 29.2 Å². The molecule has 0 bridgehead atoms. The van der Waals surface area contributed by atoms with Gasteiger partial charge in [0.05, 0.1) is 0 Å². The van der Waals surface area contributed by atoms with Crippen LogP contribution in [0.25, 0.3) is 0 Å². The van der Waals surface area contributed by atoms with Gasteiger partial charge in [0.1, 0.15) is 0 Å². The molecule has 0 fully saturated rings. The number of alkyl carbamates (subject to hydrolysis) is 1. The monoisotopic (exact) mass is 309 g/mol. The zero-order valence-corrected chi connectivity index (χ0v) is 14.1. The van der Waals surface area contributed by atoms with Crippen LogP contribution in [0.2, 0.25) is 0 Å². The zero-order chi connectivity index (χ0) is 15.3. The maximum absolute atomic E-state index is 11.7. The van der Waals surface area contributed by atoms with Gasteiger partial charge in [0.25, 0.3) is 0 Å². The molecule has 2 amide bonds. The van der Waals surface area contributed by atoms with E-state index in [1.165, 1.54) is 6.92 Å². The van der Waals surface area contributed by atoms with E-state index in [2.05, 4.69) is 11.9 Å². The van der Waals surface area contributed by atoms with Crippen LogP contribution in [0.5, 0.6) is 0 Å². The first-order chi connectivity index (χ1) is 8.63. The van der Waals surface area contributed by atoms with Crippen molar-refractivity contribution in [2.24, 2.45) is 0 Å². The molecule has 0 aliphatic heterocycles. The maximum atomic E-state index is 11.7. The molecule has 0 rings (SSSR count). The summed E-state index contributed by atoms with van der Waals surface area (Å²) in [5, 5.41) is 2.13. The third-order valence-electron chi connectivity index (χ3n) is 4.04. The SMILES string of the molecule is C=C(C)C(=O)NC(=O)OC(C)P(Cl)(CC)(CC)CC. The fourth-order valence-electron chi connectivity index (χ4n) is 1.96. The average molecular weight is 310 g/mol. The van der Waals surface area contributed by atoms with Gasteiger partial charge in [-0.1, -0.05) is 0 Å². The number of amides is 2. The quantitative estimate of drug-likeness (QED) is 0.597. The Bertz CT molecular complexity index is 369. The molecular formula is C13H25ClNO3P. The molecule has 1 N–H and O–H groups in total. The molecule has 0 aliphatic rings. The van der Waals surface area contributed by atoms with Gasteiger partial charge in [0, 0.05) is 0 Å².